The molecule has 9 heteroatoms. The summed E-state index contributed by atoms with van der Waals surface area (Å²) in [5, 5.41) is 25.0. The number of aliphatic hydroxyl groups is 1. The second-order valence-electron chi connectivity index (χ2n) is 6.41. The highest BCUT2D eigenvalue weighted by molar-refractivity contribution is 5.57. The molecule has 1 aromatic heterocycles. The number of aromatic nitrogens is 3. The van der Waals surface area contributed by atoms with E-state index >= 15 is 0 Å². The van der Waals surface area contributed by atoms with Crippen molar-refractivity contribution in [3.8, 4) is 5.75 Å². The molecular weight excluding hydrogens is 375 g/mol. The number of anilines is 4. The predicted molar refractivity (Wildman–Crippen MR) is 110 cm³/mol. The summed E-state index contributed by atoms with van der Waals surface area (Å²) in [6, 6.07) is 12.9. The standard InChI is InChI=1S/C20H23FN6O2/c1-27(11-12-28)20-25-18(22-10-9-14-5-7-15(21)8-6-14)24-19(26-20)23-16-3-2-4-17(29)13-16/h2-8,13,28-29H,9-12H2,1H3,(H2,22,23,24,25,26). The maximum Gasteiger partial charge on any atom is 0.233 e. The summed E-state index contributed by atoms with van der Waals surface area (Å²) in [6.45, 7) is 0.875. The van der Waals surface area contributed by atoms with Crippen LogP contribution in [-0.2, 0) is 6.42 Å². The van der Waals surface area contributed by atoms with Crippen LogP contribution in [0.3, 0.4) is 0 Å². The summed E-state index contributed by atoms with van der Waals surface area (Å²) in [4.78, 5) is 14.8. The van der Waals surface area contributed by atoms with E-state index in [1.165, 1.54) is 12.1 Å². The Labute approximate surface area is 168 Å². The van der Waals surface area contributed by atoms with Gasteiger partial charge in [0.05, 0.1) is 6.61 Å². The summed E-state index contributed by atoms with van der Waals surface area (Å²) in [5.41, 5.74) is 1.62. The van der Waals surface area contributed by atoms with E-state index in [1.54, 1.807) is 48.3 Å². The molecule has 8 nitrogen and oxygen atoms in total. The van der Waals surface area contributed by atoms with E-state index in [2.05, 4.69) is 25.6 Å². The van der Waals surface area contributed by atoms with Crippen molar-refractivity contribution in [3.05, 3.63) is 59.9 Å². The zero-order chi connectivity index (χ0) is 20.6. The quantitative estimate of drug-likeness (QED) is 0.436. The van der Waals surface area contributed by atoms with E-state index in [4.69, 9.17) is 0 Å². The molecule has 0 radical (unpaired) electrons. The number of hydrogen-bond donors (Lipinski definition) is 4. The van der Waals surface area contributed by atoms with E-state index in [-0.39, 0.29) is 18.2 Å². The van der Waals surface area contributed by atoms with Gasteiger partial charge in [0.15, 0.2) is 0 Å². The topological polar surface area (TPSA) is 106 Å². The lowest BCUT2D eigenvalue weighted by atomic mass is 10.1. The Kier molecular flexibility index (Phi) is 6.75. The summed E-state index contributed by atoms with van der Waals surface area (Å²) in [6.07, 6.45) is 0.670. The van der Waals surface area contributed by atoms with Crippen LogP contribution < -0.4 is 15.5 Å². The van der Waals surface area contributed by atoms with Crippen LogP contribution in [0.4, 0.5) is 27.9 Å². The van der Waals surface area contributed by atoms with Crippen molar-refractivity contribution in [2.75, 3.05) is 42.3 Å². The van der Waals surface area contributed by atoms with Crippen molar-refractivity contribution < 1.29 is 14.6 Å². The minimum absolute atomic E-state index is 0.0369. The highest BCUT2D eigenvalue weighted by Crippen LogP contribution is 2.20. The van der Waals surface area contributed by atoms with Gasteiger partial charge in [-0.3, -0.25) is 0 Å². The number of benzene rings is 2. The molecule has 0 fully saturated rings. The molecular formula is C20H23FN6O2. The molecule has 29 heavy (non-hydrogen) atoms. The Bertz CT molecular complexity index is 939. The summed E-state index contributed by atoms with van der Waals surface area (Å²) < 4.78 is 13.0. The maximum atomic E-state index is 13.0. The van der Waals surface area contributed by atoms with Crippen LogP contribution in [0.25, 0.3) is 0 Å². The van der Waals surface area contributed by atoms with E-state index in [1.807, 2.05) is 0 Å². The van der Waals surface area contributed by atoms with Crippen molar-refractivity contribution in [3.63, 3.8) is 0 Å². The third-order valence-corrected chi connectivity index (χ3v) is 4.11. The summed E-state index contributed by atoms with van der Waals surface area (Å²) >= 11 is 0. The van der Waals surface area contributed by atoms with Gasteiger partial charge in [-0.05, 0) is 36.2 Å². The van der Waals surface area contributed by atoms with Gasteiger partial charge >= 0.3 is 0 Å². The minimum atomic E-state index is -0.265. The lowest BCUT2D eigenvalue weighted by Crippen LogP contribution is -2.24. The smallest absolute Gasteiger partial charge is 0.233 e. The second kappa shape index (κ2) is 9.65. The van der Waals surface area contributed by atoms with Gasteiger partial charge in [0.1, 0.15) is 11.6 Å². The number of phenols is 1. The Hall–Kier alpha value is -3.46. The number of likely N-dealkylation sites (N-methyl/N-ethyl adjacent to an activating group) is 1. The molecule has 2 aromatic carbocycles. The van der Waals surface area contributed by atoms with Gasteiger partial charge in [-0.2, -0.15) is 15.0 Å². The number of rotatable bonds is 9. The van der Waals surface area contributed by atoms with Gasteiger partial charge in [-0.15, -0.1) is 0 Å². The monoisotopic (exact) mass is 398 g/mol. The van der Waals surface area contributed by atoms with E-state index in [0.717, 1.165) is 5.56 Å². The highest BCUT2D eigenvalue weighted by atomic mass is 19.1. The first-order chi connectivity index (χ1) is 14.0. The second-order valence-corrected chi connectivity index (χ2v) is 6.41. The van der Waals surface area contributed by atoms with E-state index in [9.17, 15) is 14.6 Å². The molecule has 3 aromatic rings. The summed E-state index contributed by atoms with van der Waals surface area (Å²) in [5.74, 6) is 0.915. The van der Waals surface area contributed by atoms with E-state index in [0.29, 0.717) is 43.0 Å². The fourth-order valence-electron chi connectivity index (χ4n) is 2.60. The Morgan fingerprint density at radius 1 is 1.03 bits per heavy atom. The predicted octanol–water partition coefficient (Wildman–Crippen LogP) is 2.54. The average molecular weight is 398 g/mol. The highest BCUT2D eigenvalue weighted by Gasteiger charge is 2.11. The van der Waals surface area contributed by atoms with Crippen molar-refractivity contribution in [1.82, 2.24) is 15.0 Å². The number of halogens is 1. The molecule has 0 saturated carbocycles. The van der Waals surface area contributed by atoms with Crippen LogP contribution in [0.2, 0.25) is 0 Å². The van der Waals surface area contributed by atoms with Crippen LogP contribution >= 0.6 is 0 Å². The average Bonchev–Trinajstić information content (AvgIpc) is 2.69. The SMILES string of the molecule is CN(CCO)c1nc(NCCc2ccc(F)cc2)nc(Nc2cccc(O)c2)n1. The molecule has 1 heterocycles. The normalized spacial score (nSPS) is 10.6. The lowest BCUT2D eigenvalue weighted by molar-refractivity contribution is 0.303. The van der Waals surface area contributed by atoms with E-state index < -0.39 is 0 Å². The molecule has 0 aliphatic carbocycles. The van der Waals surface area contributed by atoms with Gasteiger partial charge in [0.2, 0.25) is 17.8 Å². The maximum absolute atomic E-state index is 13.0. The number of aromatic hydroxyl groups is 1. The summed E-state index contributed by atoms with van der Waals surface area (Å²) in [7, 11) is 1.77. The van der Waals surface area contributed by atoms with Crippen LogP contribution in [-0.4, -0.2) is 51.9 Å². The minimum Gasteiger partial charge on any atom is -0.508 e. The Balaban J connectivity index is 1.75. The van der Waals surface area contributed by atoms with Gasteiger partial charge in [0, 0.05) is 31.9 Å². The fourth-order valence-corrected chi connectivity index (χ4v) is 2.60. The van der Waals surface area contributed by atoms with Crippen LogP contribution in [0.15, 0.2) is 48.5 Å². The Morgan fingerprint density at radius 2 is 1.79 bits per heavy atom. The van der Waals surface area contributed by atoms with Crippen LogP contribution in [0.5, 0.6) is 5.75 Å². The number of hydrogen-bond acceptors (Lipinski definition) is 8. The largest absolute Gasteiger partial charge is 0.508 e. The number of nitrogens with one attached hydrogen (secondary N) is 2. The zero-order valence-corrected chi connectivity index (χ0v) is 16.0. The molecule has 152 valence electrons. The van der Waals surface area contributed by atoms with Gasteiger partial charge in [0.25, 0.3) is 0 Å². The molecule has 3 rings (SSSR count). The number of nitrogens with zero attached hydrogens (tertiary/aromatic N) is 4. The molecule has 0 aliphatic heterocycles. The molecule has 0 aliphatic rings. The first-order valence-electron chi connectivity index (χ1n) is 9.16. The molecule has 0 unspecified atom stereocenters. The zero-order valence-electron chi connectivity index (χ0n) is 16.0. The molecule has 0 spiro atoms. The third kappa shape index (κ3) is 6.01. The molecule has 4 N–H and O–H groups in total. The van der Waals surface area contributed by atoms with Gasteiger partial charge in [-0.25, -0.2) is 4.39 Å². The Morgan fingerprint density at radius 3 is 2.52 bits per heavy atom. The third-order valence-electron chi connectivity index (χ3n) is 4.11. The fraction of sp³-hybridized carbons (Fsp3) is 0.250. The number of aliphatic hydroxyl groups excluding tert-OH is 1. The molecule has 0 atom stereocenters. The lowest BCUT2D eigenvalue weighted by Gasteiger charge is -2.17. The van der Waals surface area contributed by atoms with Crippen molar-refractivity contribution >= 4 is 23.5 Å². The van der Waals surface area contributed by atoms with Crippen molar-refractivity contribution in [1.29, 1.82) is 0 Å². The first kappa shape index (κ1) is 20.3. The number of phenolic OH excluding ortho intramolecular Hbond substituents is 1. The van der Waals surface area contributed by atoms with Crippen LogP contribution in [0.1, 0.15) is 5.56 Å². The first-order valence-corrected chi connectivity index (χ1v) is 9.16. The van der Waals surface area contributed by atoms with Crippen molar-refractivity contribution in [2.24, 2.45) is 0 Å². The van der Waals surface area contributed by atoms with Crippen molar-refractivity contribution in [2.45, 2.75) is 6.42 Å². The van der Waals surface area contributed by atoms with Crippen LogP contribution in [0, 0.1) is 5.82 Å². The van der Waals surface area contributed by atoms with Gasteiger partial charge < -0.3 is 25.7 Å². The molecule has 0 saturated heterocycles. The molecule has 0 bridgehead atoms. The molecule has 0 amide bonds. The van der Waals surface area contributed by atoms with Gasteiger partial charge in [-0.1, -0.05) is 18.2 Å².